The third-order valence-corrected chi connectivity index (χ3v) is 7.86. The monoisotopic (exact) mass is 796 g/mol. The molecule has 18 nitrogen and oxygen atoms in total. The molecule has 5 amide bonds. The third-order valence-electron chi connectivity index (χ3n) is 7.86. The summed E-state index contributed by atoms with van der Waals surface area (Å²) in [6.07, 6.45) is 2.55. The molecule has 0 bridgehead atoms. The van der Waals surface area contributed by atoms with Gasteiger partial charge in [0, 0.05) is 24.3 Å². The number of anilines is 1. The fourth-order valence-corrected chi connectivity index (χ4v) is 4.71. The molecule has 0 aromatic heterocycles. The maximum absolute atomic E-state index is 12.9. The number of carbonyl (C=O) groups is 5. The molecule has 1 aliphatic rings. The highest BCUT2D eigenvalue weighted by Gasteiger charge is 2.27. The van der Waals surface area contributed by atoms with Gasteiger partial charge in [-0.3, -0.25) is 28.9 Å². The number of hydrogen-bond acceptors (Lipinski definition) is 14. The highest BCUT2D eigenvalue weighted by Crippen LogP contribution is 2.10. The molecular formula is C38H60N4O14. The molecule has 0 saturated heterocycles. The number of benzene rings is 1. The molecule has 2 atom stereocenters. The van der Waals surface area contributed by atoms with E-state index >= 15 is 0 Å². The van der Waals surface area contributed by atoms with Crippen LogP contribution in [0.15, 0.2) is 36.4 Å². The van der Waals surface area contributed by atoms with Crippen LogP contribution in [0.5, 0.6) is 0 Å². The molecule has 0 unspecified atom stereocenters. The van der Waals surface area contributed by atoms with Crippen LogP contribution < -0.4 is 16.0 Å². The lowest BCUT2D eigenvalue weighted by molar-refractivity contribution is -0.137. The number of carbonyl (C=O) groups excluding carboxylic acids is 5. The first-order valence-corrected chi connectivity index (χ1v) is 18.9. The van der Waals surface area contributed by atoms with Crippen molar-refractivity contribution in [3.63, 3.8) is 0 Å². The zero-order valence-corrected chi connectivity index (χ0v) is 32.8. The minimum absolute atomic E-state index is 0.0583. The first-order valence-electron chi connectivity index (χ1n) is 18.9. The normalized spacial score (nSPS) is 13.7. The van der Waals surface area contributed by atoms with E-state index in [-0.39, 0.29) is 56.4 Å². The SMILES string of the molecule is CC(C)[C@H](NC(=O)CCOCCOCCOCCOCCOCCOCCOCCOCCN1C(=O)C=CC1=O)C(=O)N[C@@H](C)C(=O)Nc1ccc(CO)cc1. The van der Waals surface area contributed by atoms with Crippen molar-refractivity contribution in [1.82, 2.24) is 15.5 Å². The van der Waals surface area contributed by atoms with Gasteiger partial charge in [-0.2, -0.15) is 0 Å². The second-order valence-electron chi connectivity index (χ2n) is 12.7. The van der Waals surface area contributed by atoms with Crippen molar-refractivity contribution in [2.45, 2.75) is 45.9 Å². The van der Waals surface area contributed by atoms with Gasteiger partial charge in [-0.1, -0.05) is 26.0 Å². The Balaban J connectivity index is 1.32. The number of amides is 5. The number of nitrogens with zero attached hydrogens (tertiary/aromatic N) is 1. The summed E-state index contributed by atoms with van der Waals surface area (Å²) in [5, 5.41) is 17.2. The highest BCUT2D eigenvalue weighted by atomic mass is 16.6. The zero-order valence-electron chi connectivity index (χ0n) is 32.8. The Morgan fingerprint density at radius 2 is 1.00 bits per heavy atom. The molecular weight excluding hydrogens is 736 g/mol. The first-order chi connectivity index (χ1) is 27.1. The minimum Gasteiger partial charge on any atom is -0.392 e. The van der Waals surface area contributed by atoms with Gasteiger partial charge in [-0.25, -0.2) is 0 Å². The fraction of sp³-hybridized carbons (Fsp3) is 0.658. The summed E-state index contributed by atoms with van der Waals surface area (Å²) >= 11 is 0. The third kappa shape index (κ3) is 22.0. The number of aliphatic hydroxyl groups is 1. The van der Waals surface area contributed by atoms with Crippen molar-refractivity contribution < 1.29 is 67.0 Å². The van der Waals surface area contributed by atoms with Crippen LogP contribution in [0.25, 0.3) is 0 Å². The summed E-state index contributed by atoms with van der Waals surface area (Å²) in [5.74, 6) is -2.08. The molecule has 316 valence electrons. The van der Waals surface area contributed by atoms with Crippen molar-refractivity contribution >= 4 is 35.2 Å². The number of imide groups is 1. The van der Waals surface area contributed by atoms with Gasteiger partial charge in [0.15, 0.2) is 0 Å². The molecule has 1 aromatic rings. The maximum Gasteiger partial charge on any atom is 0.253 e. The lowest BCUT2D eigenvalue weighted by atomic mass is 10.0. The molecule has 1 aromatic carbocycles. The molecule has 4 N–H and O–H groups in total. The Bertz CT molecular complexity index is 1300. The van der Waals surface area contributed by atoms with E-state index in [2.05, 4.69) is 16.0 Å². The van der Waals surface area contributed by atoms with E-state index in [9.17, 15) is 24.0 Å². The van der Waals surface area contributed by atoms with Crippen molar-refractivity contribution in [2.24, 2.45) is 5.92 Å². The zero-order chi connectivity index (χ0) is 40.8. The molecule has 1 heterocycles. The average molecular weight is 797 g/mol. The Hall–Kier alpha value is -3.85. The number of ether oxygens (including phenoxy) is 8. The van der Waals surface area contributed by atoms with Gasteiger partial charge in [0.25, 0.3) is 11.8 Å². The van der Waals surface area contributed by atoms with Crippen LogP contribution in [0.1, 0.15) is 32.8 Å². The van der Waals surface area contributed by atoms with E-state index in [4.69, 9.17) is 43.0 Å². The summed E-state index contributed by atoms with van der Waals surface area (Å²) in [7, 11) is 0. The van der Waals surface area contributed by atoms with Crippen LogP contribution in [0.2, 0.25) is 0 Å². The molecule has 2 rings (SSSR count). The summed E-state index contributed by atoms with van der Waals surface area (Å²) in [5.41, 5.74) is 1.25. The van der Waals surface area contributed by atoms with E-state index in [0.29, 0.717) is 104 Å². The van der Waals surface area contributed by atoms with E-state index in [1.165, 1.54) is 12.2 Å². The largest absolute Gasteiger partial charge is 0.392 e. The second kappa shape index (κ2) is 30.3. The van der Waals surface area contributed by atoms with Crippen LogP contribution in [0, 0.1) is 5.92 Å². The van der Waals surface area contributed by atoms with Crippen LogP contribution in [-0.4, -0.2) is 164 Å². The van der Waals surface area contributed by atoms with Crippen LogP contribution in [0.4, 0.5) is 5.69 Å². The predicted molar refractivity (Wildman–Crippen MR) is 202 cm³/mol. The van der Waals surface area contributed by atoms with E-state index in [0.717, 1.165) is 4.90 Å². The molecule has 18 heteroatoms. The van der Waals surface area contributed by atoms with Crippen LogP contribution in [0.3, 0.4) is 0 Å². The van der Waals surface area contributed by atoms with Gasteiger partial charge in [0.1, 0.15) is 12.1 Å². The van der Waals surface area contributed by atoms with E-state index in [1.54, 1.807) is 45.0 Å². The van der Waals surface area contributed by atoms with Crippen LogP contribution >= 0.6 is 0 Å². The Morgan fingerprint density at radius 1 is 0.589 bits per heavy atom. The number of rotatable bonds is 34. The van der Waals surface area contributed by atoms with Gasteiger partial charge in [-0.15, -0.1) is 0 Å². The van der Waals surface area contributed by atoms with E-state index in [1.807, 2.05) is 0 Å². The molecule has 0 spiro atoms. The minimum atomic E-state index is -0.844. The number of aliphatic hydroxyl groups excluding tert-OH is 1. The second-order valence-corrected chi connectivity index (χ2v) is 12.7. The van der Waals surface area contributed by atoms with E-state index < -0.39 is 23.9 Å². The Morgan fingerprint density at radius 3 is 1.41 bits per heavy atom. The standard InChI is InChI=1S/C38H60N4O14/c1-29(2)36(38(48)39-30(3)37(47)40-32-6-4-31(28-43)5-7-32)41-33(44)10-12-49-14-16-51-18-20-53-22-24-55-26-27-56-25-23-54-21-19-52-17-15-50-13-11-42-34(45)8-9-35(42)46/h4-9,29-30,36,43H,10-28H2,1-3H3,(H,39,48)(H,40,47)(H,41,44)/t30-,36-/m0/s1. The van der Waals surface area contributed by atoms with Gasteiger partial charge < -0.3 is 59.0 Å². The summed E-state index contributed by atoms with van der Waals surface area (Å²) in [6.45, 7) is 11.3. The van der Waals surface area contributed by atoms with Gasteiger partial charge >= 0.3 is 0 Å². The average Bonchev–Trinajstić information content (AvgIpc) is 3.50. The number of nitrogens with one attached hydrogen (secondary N) is 3. The lowest BCUT2D eigenvalue weighted by Gasteiger charge is -2.24. The van der Waals surface area contributed by atoms with Gasteiger partial charge in [0.2, 0.25) is 17.7 Å². The molecule has 0 aliphatic carbocycles. The first kappa shape index (κ1) is 48.3. The predicted octanol–water partition coefficient (Wildman–Crippen LogP) is 0.211. The van der Waals surface area contributed by atoms with Crippen molar-refractivity contribution in [1.29, 1.82) is 0 Å². The summed E-state index contributed by atoms with van der Waals surface area (Å²) in [6, 6.07) is 5.03. The molecule has 56 heavy (non-hydrogen) atoms. The number of hydrogen-bond donors (Lipinski definition) is 4. The van der Waals surface area contributed by atoms with Gasteiger partial charge in [0.05, 0.1) is 119 Å². The quantitative estimate of drug-likeness (QED) is 0.0542. The fourth-order valence-electron chi connectivity index (χ4n) is 4.71. The summed E-state index contributed by atoms with van der Waals surface area (Å²) < 4.78 is 43.6. The topological polar surface area (TPSA) is 219 Å². The van der Waals surface area contributed by atoms with Crippen molar-refractivity contribution in [2.75, 3.05) is 118 Å². The molecule has 0 radical (unpaired) electrons. The van der Waals surface area contributed by atoms with Crippen molar-refractivity contribution in [3.8, 4) is 0 Å². The lowest BCUT2D eigenvalue weighted by Crippen LogP contribution is -2.53. The van der Waals surface area contributed by atoms with Gasteiger partial charge in [-0.05, 0) is 30.5 Å². The smallest absolute Gasteiger partial charge is 0.253 e. The highest BCUT2D eigenvalue weighted by molar-refractivity contribution is 6.12. The Labute approximate surface area is 328 Å². The maximum atomic E-state index is 12.9. The molecule has 1 aliphatic heterocycles. The molecule has 0 saturated carbocycles. The molecule has 0 fully saturated rings. The Kier molecular flexibility index (Phi) is 26.1. The van der Waals surface area contributed by atoms with Crippen LogP contribution in [-0.2, 0) is 68.5 Å². The summed E-state index contributed by atoms with van der Waals surface area (Å²) in [4.78, 5) is 61.9. The van der Waals surface area contributed by atoms with Crippen molar-refractivity contribution in [3.05, 3.63) is 42.0 Å².